The van der Waals surface area contributed by atoms with Crippen LogP contribution >= 0.6 is 0 Å². The van der Waals surface area contributed by atoms with Gasteiger partial charge in [-0.05, 0) is 25.5 Å². The molecule has 0 saturated heterocycles. The van der Waals surface area contributed by atoms with Gasteiger partial charge in [0.1, 0.15) is 11.5 Å². The van der Waals surface area contributed by atoms with Crippen molar-refractivity contribution >= 4 is 5.91 Å². The molecule has 4 heterocycles. The molecule has 0 fully saturated rings. The van der Waals surface area contributed by atoms with Gasteiger partial charge in [-0.2, -0.15) is 10.2 Å². The van der Waals surface area contributed by atoms with E-state index >= 15 is 0 Å². The molecular formula is C23H23N7O. The van der Waals surface area contributed by atoms with Crippen LogP contribution in [0.25, 0.3) is 22.6 Å². The Kier molecular flexibility index (Phi) is 4.82. The molecule has 3 aromatic heterocycles. The minimum absolute atomic E-state index is 0.0129. The molecule has 1 aliphatic rings. The van der Waals surface area contributed by atoms with Gasteiger partial charge in [0, 0.05) is 37.3 Å². The van der Waals surface area contributed by atoms with Gasteiger partial charge in [0.05, 0.1) is 17.5 Å². The SMILES string of the molecule is Cc1cccc(-c2cnn(C)c2C(=O)NC2CCn3nc(-c4ccccc4)nc3C2)n1. The van der Waals surface area contributed by atoms with Gasteiger partial charge in [0.15, 0.2) is 5.82 Å². The molecule has 156 valence electrons. The number of carbonyl (C=O) groups is 1. The van der Waals surface area contributed by atoms with E-state index in [1.807, 2.05) is 60.1 Å². The first kappa shape index (κ1) is 19.2. The maximum absolute atomic E-state index is 13.2. The maximum atomic E-state index is 13.2. The van der Waals surface area contributed by atoms with Crippen molar-refractivity contribution in [2.75, 3.05) is 0 Å². The summed E-state index contributed by atoms with van der Waals surface area (Å²) in [4.78, 5) is 22.4. The van der Waals surface area contributed by atoms with Crippen LogP contribution in [0.5, 0.6) is 0 Å². The monoisotopic (exact) mass is 413 g/mol. The number of nitrogens with zero attached hydrogens (tertiary/aromatic N) is 6. The van der Waals surface area contributed by atoms with Crippen molar-refractivity contribution in [3.63, 3.8) is 0 Å². The summed E-state index contributed by atoms with van der Waals surface area (Å²) in [7, 11) is 1.78. The van der Waals surface area contributed by atoms with Crippen molar-refractivity contribution in [1.29, 1.82) is 0 Å². The number of benzene rings is 1. The lowest BCUT2D eigenvalue weighted by Gasteiger charge is -2.23. The number of nitrogens with one attached hydrogen (secondary N) is 1. The minimum Gasteiger partial charge on any atom is -0.347 e. The molecule has 8 nitrogen and oxygen atoms in total. The number of hydrogen-bond donors (Lipinski definition) is 1. The topological polar surface area (TPSA) is 90.5 Å². The molecule has 1 atom stereocenters. The zero-order valence-corrected chi connectivity index (χ0v) is 17.5. The molecule has 5 rings (SSSR count). The van der Waals surface area contributed by atoms with E-state index in [0.29, 0.717) is 12.1 Å². The maximum Gasteiger partial charge on any atom is 0.270 e. The molecule has 1 aliphatic heterocycles. The third kappa shape index (κ3) is 3.72. The molecule has 0 spiro atoms. The van der Waals surface area contributed by atoms with E-state index in [4.69, 9.17) is 4.98 Å². The second kappa shape index (κ2) is 7.79. The van der Waals surface area contributed by atoms with Crippen LogP contribution in [-0.4, -0.2) is 41.5 Å². The van der Waals surface area contributed by atoms with Gasteiger partial charge < -0.3 is 5.32 Å². The number of aryl methyl sites for hydroxylation is 3. The highest BCUT2D eigenvalue weighted by molar-refractivity contribution is 5.99. The van der Waals surface area contributed by atoms with Crippen LogP contribution in [0.1, 0.15) is 28.4 Å². The van der Waals surface area contributed by atoms with E-state index in [1.54, 1.807) is 17.9 Å². The minimum atomic E-state index is -0.153. The summed E-state index contributed by atoms with van der Waals surface area (Å²) >= 11 is 0. The van der Waals surface area contributed by atoms with E-state index in [0.717, 1.165) is 47.1 Å². The summed E-state index contributed by atoms with van der Waals surface area (Å²) in [6.45, 7) is 2.65. The predicted octanol–water partition coefficient (Wildman–Crippen LogP) is 2.79. The average molecular weight is 413 g/mol. The number of aromatic nitrogens is 6. The number of carbonyl (C=O) groups excluding carboxylic acids is 1. The van der Waals surface area contributed by atoms with E-state index < -0.39 is 0 Å². The second-order valence-corrected chi connectivity index (χ2v) is 7.80. The summed E-state index contributed by atoms with van der Waals surface area (Å²) in [5, 5.41) is 12.1. The first-order chi connectivity index (χ1) is 15.1. The second-order valence-electron chi connectivity index (χ2n) is 7.80. The molecule has 4 aromatic rings. The third-order valence-corrected chi connectivity index (χ3v) is 5.55. The number of fused-ring (bicyclic) bond motifs is 1. The van der Waals surface area contributed by atoms with Crippen molar-refractivity contribution in [3.8, 4) is 22.6 Å². The van der Waals surface area contributed by atoms with E-state index in [2.05, 4.69) is 20.5 Å². The standard InChI is InChI=1S/C23H23N7O/c1-15-7-6-10-19(25-15)18-14-24-29(2)21(18)23(31)26-17-11-12-30-20(13-17)27-22(28-30)16-8-4-3-5-9-16/h3-10,14,17H,11-13H2,1-2H3,(H,26,31). The molecule has 0 radical (unpaired) electrons. The van der Waals surface area contributed by atoms with Crippen molar-refractivity contribution < 1.29 is 4.79 Å². The Morgan fingerprint density at radius 1 is 1.10 bits per heavy atom. The molecule has 1 unspecified atom stereocenters. The third-order valence-electron chi connectivity index (χ3n) is 5.55. The Bertz CT molecular complexity index is 1240. The van der Waals surface area contributed by atoms with E-state index in [9.17, 15) is 4.79 Å². The fourth-order valence-electron chi connectivity index (χ4n) is 3.98. The predicted molar refractivity (Wildman–Crippen MR) is 116 cm³/mol. The molecule has 1 N–H and O–H groups in total. The fourth-order valence-corrected chi connectivity index (χ4v) is 3.98. The lowest BCUT2D eigenvalue weighted by Crippen LogP contribution is -2.41. The molecule has 0 aliphatic carbocycles. The van der Waals surface area contributed by atoms with Gasteiger partial charge in [-0.25, -0.2) is 9.67 Å². The van der Waals surface area contributed by atoms with Gasteiger partial charge >= 0.3 is 0 Å². The quantitative estimate of drug-likeness (QED) is 0.556. The largest absolute Gasteiger partial charge is 0.347 e. The van der Waals surface area contributed by atoms with Crippen LogP contribution in [0.15, 0.2) is 54.7 Å². The Hall–Kier alpha value is -3.81. The summed E-state index contributed by atoms with van der Waals surface area (Å²) in [5.74, 6) is 1.46. The van der Waals surface area contributed by atoms with Gasteiger partial charge in [-0.1, -0.05) is 36.4 Å². The van der Waals surface area contributed by atoms with Gasteiger partial charge in [-0.3, -0.25) is 14.5 Å². The molecule has 0 saturated carbocycles. The van der Waals surface area contributed by atoms with Crippen LogP contribution in [0, 0.1) is 6.92 Å². The Morgan fingerprint density at radius 3 is 2.74 bits per heavy atom. The molecule has 1 aromatic carbocycles. The highest BCUT2D eigenvalue weighted by Gasteiger charge is 2.26. The Balaban J connectivity index is 1.35. The molecule has 8 heteroatoms. The van der Waals surface area contributed by atoms with Gasteiger partial charge in [0.25, 0.3) is 5.91 Å². The Labute approximate surface area is 180 Å². The lowest BCUT2D eigenvalue weighted by atomic mass is 10.1. The van der Waals surface area contributed by atoms with Crippen LogP contribution in [0.2, 0.25) is 0 Å². The summed E-state index contributed by atoms with van der Waals surface area (Å²) < 4.78 is 3.55. The average Bonchev–Trinajstić information content (AvgIpc) is 3.37. The normalized spacial score (nSPS) is 15.5. The number of pyridine rings is 1. The van der Waals surface area contributed by atoms with Crippen molar-refractivity contribution in [1.82, 2.24) is 34.8 Å². The van der Waals surface area contributed by atoms with Gasteiger partial charge in [0.2, 0.25) is 0 Å². The van der Waals surface area contributed by atoms with Crippen molar-refractivity contribution in [2.45, 2.75) is 32.4 Å². The van der Waals surface area contributed by atoms with E-state index in [-0.39, 0.29) is 11.9 Å². The molecular weight excluding hydrogens is 390 g/mol. The van der Waals surface area contributed by atoms with E-state index in [1.165, 1.54) is 0 Å². The van der Waals surface area contributed by atoms with Crippen LogP contribution in [-0.2, 0) is 20.0 Å². The summed E-state index contributed by atoms with van der Waals surface area (Å²) in [6, 6.07) is 15.7. The zero-order chi connectivity index (χ0) is 21.4. The summed E-state index contributed by atoms with van der Waals surface area (Å²) in [6.07, 6.45) is 3.13. The highest BCUT2D eigenvalue weighted by Crippen LogP contribution is 2.23. The number of rotatable bonds is 4. The first-order valence-corrected chi connectivity index (χ1v) is 10.3. The molecule has 1 amide bonds. The fraction of sp³-hybridized carbons (Fsp3) is 0.261. The highest BCUT2D eigenvalue weighted by atomic mass is 16.2. The Morgan fingerprint density at radius 2 is 1.94 bits per heavy atom. The first-order valence-electron chi connectivity index (χ1n) is 10.3. The van der Waals surface area contributed by atoms with Gasteiger partial charge in [-0.15, -0.1) is 0 Å². The number of hydrogen-bond acceptors (Lipinski definition) is 5. The van der Waals surface area contributed by atoms with Crippen LogP contribution in [0.3, 0.4) is 0 Å². The van der Waals surface area contributed by atoms with Crippen molar-refractivity contribution in [2.24, 2.45) is 7.05 Å². The molecule has 0 bridgehead atoms. The number of amides is 1. The lowest BCUT2D eigenvalue weighted by molar-refractivity contribution is 0.0921. The zero-order valence-electron chi connectivity index (χ0n) is 17.5. The van der Waals surface area contributed by atoms with Crippen LogP contribution in [0.4, 0.5) is 0 Å². The summed E-state index contributed by atoms with van der Waals surface area (Å²) in [5.41, 5.74) is 3.88. The van der Waals surface area contributed by atoms with Crippen LogP contribution < -0.4 is 5.32 Å². The van der Waals surface area contributed by atoms with Crippen molar-refractivity contribution in [3.05, 3.63) is 71.9 Å². The molecule has 31 heavy (non-hydrogen) atoms. The smallest absolute Gasteiger partial charge is 0.270 e.